The molecule has 40 heavy (non-hydrogen) atoms. The first-order valence-electron chi connectivity index (χ1n) is 14.1. The van der Waals surface area contributed by atoms with Crippen LogP contribution >= 0.6 is 0 Å². The van der Waals surface area contributed by atoms with Gasteiger partial charge in [0.05, 0.1) is 0 Å². The maximum Gasteiger partial charge on any atom is 0.262 e. The summed E-state index contributed by atoms with van der Waals surface area (Å²) >= 11 is 0. The van der Waals surface area contributed by atoms with Crippen molar-refractivity contribution in [2.45, 2.75) is 73.1 Å². The number of amides is 1. The second kappa shape index (κ2) is 10.1. The Morgan fingerprint density at radius 1 is 0.900 bits per heavy atom. The monoisotopic (exact) mass is 540 g/mol. The lowest BCUT2D eigenvalue weighted by molar-refractivity contribution is -0.120. The quantitative estimate of drug-likeness (QED) is 0.460. The molecule has 1 aliphatic heterocycles. The van der Waals surface area contributed by atoms with Gasteiger partial charge in [-0.25, -0.2) is 0 Å². The summed E-state index contributed by atoms with van der Waals surface area (Å²) in [6.45, 7) is 12.4. The highest BCUT2D eigenvalue weighted by Gasteiger charge is 2.48. The second-order valence-corrected chi connectivity index (χ2v) is 13.3. The number of nitrogens with zero attached hydrogens (tertiary/aromatic N) is 1. The third-order valence-corrected chi connectivity index (χ3v) is 8.62. The molecule has 2 aliphatic carbocycles. The Labute approximate surface area is 237 Å². The third-order valence-electron chi connectivity index (χ3n) is 8.62. The van der Waals surface area contributed by atoms with Crippen LogP contribution in [0.4, 0.5) is 5.69 Å². The molecule has 0 unspecified atom stereocenters. The van der Waals surface area contributed by atoms with Crippen LogP contribution in [0.3, 0.4) is 0 Å². The summed E-state index contributed by atoms with van der Waals surface area (Å²) < 4.78 is 5.93. The summed E-state index contributed by atoms with van der Waals surface area (Å²) in [4.78, 5) is 42.3. The highest BCUT2D eigenvalue weighted by molar-refractivity contribution is 6.06. The van der Waals surface area contributed by atoms with E-state index in [9.17, 15) is 14.4 Å². The van der Waals surface area contributed by atoms with Gasteiger partial charge in [0, 0.05) is 54.0 Å². The third kappa shape index (κ3) is 5.24. The predicted molar refractivity (Wildman–Crippen MR) is 157 cm³/mol. The SMILES string of the molecule is Cc1cccc(NC(=O)COc2cccc(C3C4=C(CC(C)(C)CC4=O)N(C)C4=C3C(=O)CC(C)(C)C4)c2)c1C. The van der Waals surface area contributed by atoms with Gasteiger partial charge >= 0.3 is 0 Å². The molecule has 0 fully saturated rings. The van der Waals surface area contributed by atoms with Crippen LogP contribution in [-0.2, 0) is 14.4 Å². The number of hydrogen-bond donors (Lipinski definition) is 1. The van der Waals surface area contributed by atoms with Gasteiger partial charge in [-0.2, -0.15) is 0 Å². The fourth-order valence-electron chi connectivity index (χ4n) is 6.50. The fourth-order valence-corrected chi connectivity index (χ4v) is 6.50. The zero-order chi connectivity index (χ0) is 29.0. The molecule has 6 nitrogen and oxygen atoms in total. The highest BCUT2D eigenvalue weighted by atomic mass is 16.5. The van der Waals surface area contributed by atoms with Gasteiger partial charge < -0.3 is 15.0 Å². The normalized spacial score (nSPS) is 20.3. The zero-order valence-corrected chi connectivity index (χ0v) is 24.7. The first-order valence-corrected chi connectivity index (χ1v) is 14.1. The van der Waals surface area contributed by atoms with Crippen LogP contribution in [0.2, 0.25) is 0 Å². The number of ether oxygens (including phenoxy) is 1. The average molecular weight is 541 g/mol. The fraction of sp³-hybridized carbons (Fsp3) is 0.441. The molecule has 210 valence electrons. The van der Waals surface area contributed by atoms with Crippen molar-refractivity contribution in [2.75, 3.05) is 19.0 Å². The number of carbonyl (C=O) groups excluding carboxylic acids is 3. The van der Waals surface area contributed by atoms with Gasteiger partial charge in [-0.3, -0.25) is 14.4 Å². The number of nitrogens with one attached hydrogen (secondary N) is 1. The molecule has 0 spiro atoms. The molecule has 0 radical (unpaired) electrons. The number of carbonyl (C=O) groups is 3. The van der Waals surface area contributed by atoms with Crippen molar-refractivity contribution in [3.8, 4) is 5.75 Å². The molecular weight excluding hydrogens is 500 g/mol. The van der Waals surface area contributed by atoms with E-state index in [4.69, 9.17) is 4.74 Å². The first kappa shape index (κ1) is 27.9. The lowest BCUT2D eigenvalue weighted by Gasteiger charge is -2.47. The largest absolute Gasteiger partial charge is 0.484 e. The van der Waals surface area contributed by atoms with Crippen molar-refractivity contribution in [1.29, 1.82) is 0 Å². The molecule has 1 amide bonds. The van der Waals surface area contributed by atoms with Crippen molar-refractivity contribution in [3.63, 3.8) is 0 Å². The van der Waals surface area contributed by atoms with Gasteiger partial charge in [0.1, 0.15) is 5.75 Å². The molecular formula is C34H40N2O4. The van der Waals surface area contributed by atoms with Gasteiger partial charge in [0.2, 0.25) is 0 Å². The zero-order valence-electron chi connectivity index (χ0n) is 24.7. The highest BCUT2D eigenvalue weighted by Crippen LogP contribution is 2.54. The Morgan fingerprint density at radius 2 is 1.48 bits per heavy atom. The molecule has 0 saturated carbocycles. The van der Waals surface area contributed by atoms with E-state index in [2.05, 4.69) is 37.9 Å². The summed E-state index contributed by atoms with van der Waals surface area (Å²) in [5, 5.41) is 2.93. The number of aryl methyl sites for hydroxylation is 1. The number of hydrogen-bond acceptors (Lipinski definition) is 5. The molecule has 6 heteroatoms. The van der Waals surface area contributed by atoms with Crippen molar-refractivity contribution < 1.29 is 19.1 Å². The Morgan fingerprint density at radius 3 is 2.08 bits per heavy atom. The molecule has 0 atom stereocenters. The van der Waals surface area contributed by atoms with Crippen molar-refractivity contribution >= 4 is 23.2 Å². The van der Waals surface area contributed by atoms with Crippen LogP contribution < -0.4 is 10.1 Å². The van der Waals surface area contributed by atoms with Crippen LogP contribution in [0, 0.1) is 24.7 Å². The molecule has 3 aliphatic rings. The maximum atomic E-state index is 13.7. The number of anilines is 1. The summed E-state index contributed by atoms with van der Waals surface area (Å²) in [5.41, 5.74) is 6.97. The van der Waals surface area contributed by atoms with E-state index in [0.29, 0.717) is 18.6 Å². The molecule has 1 N–H and O–H groups in total. The summed E-state index contributed by atoms with van der Waals surface area (Å²) in [6.07, 6.45) is 2.46. The molecule has 0 saturated heterocycles. The van der Waals surface area contributed by atoms with Crippen molar-refractivity contribution in [1.82, 2.24) is 4.90 Å². The summed E-state index contributed by atoms with van der Waals surface area (Å²) in [7, 11) is 2.01. The maximum absolute atomic E-state index is 13.7. The van der Waals surface area contributed by atoms with Gasteiger partial charge in [0.25, 0.3) is 5.91 Å². The minimum Gasteiger partial charge on any atom is -0.484 e. The van der Waals surface area contributed by atoms with Crippen molar-refractivity contribution in [3.05, 3.63) is 81.7 Å². The first-order chi connectivity index (χ1) is 18.8. The summed E-state index contributed by atoms with van der Waals surface area (Å²) in [6, 6.07) is 13.3. The van der Waals surface area contributed by atoms with Crippen LogP contribution in [0.25, 0.3) is 0 Å². The van der Waals surface area contributed by atoms with Gasteiger partial charge in [-0.1, -0.05) is 52.0 Å². The number of rotatable bonds is 5. The minimum absolute atomic E-state index is 0.103. The lowest BCUT2D eigenvalue weighted by Crippen LogP contribution is -2.43. The molecule has 0 aromatic heterocycles. The van der Waals surface area contributed by atoms with Crippen LogP contribution in [0.1, 0.15) is 76.0 Å². The lowest BCUT2D eigenvalue weighted by atomic mass is 9.64. The van der Waals surface area contributed by atoms with E-state index in [0.717, 1.165) is 57.8 Å². The van der Waals surface area contributed by atoms with E-state index >= 15 is 0 Å². The Balaban J connectivity index is 1.47. The average Bonchev–Trinajstić information content (AvgIpc) is 2.86. The van der Waals surface area contributed by atoms with Gasteiger partial charge in [-0.15, -0.1) is 0 Å². The summed E-state index contributed by atoms with van der Waals surface area (Å²) in [5.74, 6) is 0.0607. The number of benzene rings is 2. The van der Waals surface area contributed by atoms with Gasteiger partial charge in [0.15, 0.2) is 18.2 Å². The minimum atomic E-state index is -0.430. The Kier molecular flexibility index (Phi) is 7.01. The Hall–Kier alpha value is -3.67. The van der Waals surface area contributed by atoms with E-state index in [-0.39, 0.29) is 34.9 Å². The molecule has 2 aromatic carbocycles. The smallest absolute Gasteiger partial charge is 0.262 e. The number of Topliss-reactive ketones (excluding diaryl/α,β-unsaturated/α-hetero) is 2. The molecule has 5 rings (SSSR count). The van der Waals surface area contributed by atoms with E-state index in [1.807, 2.05) is 63.4 Å². The molecule has 0 bridgehead atoms. The topological polar surface area (TPSA) is 75.7 Å². The van der Waals surface area contributed by atoms with E-state index in [1.54, 1.807) is 0 Å². The second-order valence-electron chi connectivity index (χ2n) is 13.3. The van der Waals surface area contributed by atoms with Crippen LogP contribution in [-0.4, -0.2) is 36.0 Å². The number of allylic oxidation sites excluding steroid dienone is 4. The van der Waals surface area contributed by atoms with Crippen LogP contribution in [0.15, 0.2) is 65.0 Å². The van der Waals surface area contributed by atoms with E-state index in [1.165, 1.54) is 0 Å². The van der Waals surface area contributed by atoms with Crippen molar-refractivity contribution in [2.24, 2.45) is 10.8 Å². The Bertz CT molecular complexity index is 1420. The standard InChI is InChI=1S/C34H40N2O4/c1-20-10-8-13-24(21(20)2)35-29(39)19-40-23-12-9-11-22(14-23)30-31-25(15-33(3,4)17-27(31)37)36(7)26-16-34(5,6)18-28(38)32(26)30/h8-14,30H,15-19H2,1-7H3,(H,35,39). The van der Waals surface area contributed by atoms with Crippen LogP contribution in [0.5, 0.6) is 5.75 Å². The van der Waals surface area contributed by atoms with E-state index < -0.39 is 5.92 Å². The predicted octanol–water partition coefficient (Wildman–Crippen LogP) is 6.64. The number of ketones is 2. The molecule has 2 aromatic rings. The van der Waals surface area contributed by atoms with Gasteiger partial charge in [-0.05, 0) is 72.4 Å². The molecule has 1 heterocycles.